The number of aliphatic hydroxyl groups is 2. The molecule has 152 valence electrons. The number of carbonyl (C=O) groups excluding carboxylic acids is 1. The lowest BCUT2D eigenvalue weighted by atomic mass is 9.98. The summed E-state index contributed by atoms with van der Waals surface area (Å²) in [4.78, 5) is 22.7. The van der Waals surface area contributed by atoms with Gasteiger partial charge in [-0.3, -0.25) is 9.59 Å². The predicted octanol–water partition coefficient (Wildman–Crippen LogP) is 2.64. The molecule has 0 heterocycles. The topological polar surface area (TPSA) is 104 Å². The average molecular weight is 391 g/mol. The molecule has 0 spiro atoms. The van der Waals surface area contributed by atoms with Crippen LogP contribution in [0.15, 0.2) is 0 Å². The molecular weight excluding hydrogens is 356 g/mol. The van der Waals surface area contributed by atoms with E-state index < -0.39 is 17.7 Å². The van der Waals surface area contributed by atoms with Crippen LogP contribution in [0, 0.1) is 5.92 Å². The van der Waals surface area contributed by atoms with Gasteiger partial charge in [-0.1, -0.05) is 19.3 Å². The lowest BCUT2D eigenvalue weighted by Gasteiger charge is -2.27. The van der Waals surface area contributed by atoms with Crippen LogP contribution in [-0.2, 0) is 14.3 Å². The fourth-order valence-electron chi connectivity index (χ4n) is 3.42. The van der Waals surface area contributed by atoms with Crippen LogP contribution in [-0.4, -0.2) is 63.5 Å². The van der Waals surface area contributed by atoms with Crippen molar-refractivity contribution in [2.75, 3.05) is 19.5 Å². The van der Waals surface area contributed by atoms with E-state index in [4.69, 9.17) is 9.84 Å². The zero-order valence-corrected chi connectivity index (χ0v) is 16.8. The number of methoxy groups -OCH3 is 1. The molecule has 1 rings (SSSR count). The second-order valence-electron chi connectivity index (χ2n) is 7.56. The van der Waals surface area contributed by atoms with Gasteiger partial charge in [0.25, 0.3) is 0 Å². The van der Waals surface area contributed by atoms with Crippen molar-refractivity contribution in [3.63, 3.8) is 0 Å². The maximum Gasteiger partial charge on any atom is 0.303 e. The molecule has 2 unspecified atom stereocenters. The molecule has 3 N–H and O–H groups in total. The molecule has 6 nitrogen and oxygen atoms in total. The Morgan fingerprint density at radius 2 is 1.96 bits per heavy atom. The molecule has 1 fully saturated rings. The average Bonchev–Trinajstić information content (AvgIpc) is 2.82. The van der Waals surface area contributed by atoms with Crippen LogP contribution in [0.25, 0.3) is 0 Å². The molecular formula is C19H34O6S. The molecule has 0 aromatic rings. The molecule has 7 heteroatoms. The molecule has 1 aliphatic rings. The van der Waals surface area contributed by atoms with Gasteiger partial charge in [-0.15, -0.1) is 0 Å². The highest BCUT2D eigenvalue weighted by molar-refractivity contribution is 8.00. The van der Waals surface area contributed by atoms with Crippen molar-refractivity contribution < 1.29 is 29.6 Å². The number of unbranched alkanes of at least 4 members (excludes halogenated alkanes) is 3. The zero-order valence-electron chi connectivity index (χ0n) is 16.0. The number of carbonyl (C=O) groups is 2. The van der Waals surface area contributed by atoms with E-state index in [-0.39, 0.29) is 29.8 Å². The van der Waals surface area contributed by atoms with Crippen molar-refractivity contribution in [1.29, 1.82) is 0 Å². The van der Waals surface area contributed by atoms with Gasteiger partial charge in [0.1, 0.15) is 5.78 Å². The Morgan fingerprint density at radius 3 is 2.62 bits per heavy atom. The number of carboxylic acid groups (broad SMARTS) is 1. The van der Waals surface area contributed by atoms with Gasteiger partial charge < -0.3 is 20.1 Å². The first-order valence-corrected chi connectivity index (χ1v) is 10.6. The number of thioether (sulfide) groups is 1. The van der Waals surface area contributed by atoms with Crippen molar-refractivity contribution in [3.05, 3.63) is 0 Å². The van der Waals surface area contributed by atoms with Crippen LogP contribution in [0.4, 0.5) is 0 Å². The smallest absolute Gasteiger partial charge is 0.303 e. The third-order valence-electron chi connectivity index (χ3n) is 4.91. The largest absolute Gasteiger partial charge is 0.481 e. The molecule has 0 bridgehead atoms. The van der Waals surface area contributed by atoms with E-state index in [0.29, 0.717) is 25.2 Å². The highest BCUT2D eigenvalue weighted by Gasteiger charge is 2.42. The van der Waals surface area contributed by atoms with Crippen molar-refractivity contribution in [2.24, 2.45) is 5.92 Å². The summed E-state index contributed by atoms with van der Waals surface area (Å²) in [6.07, 6.45) is 5.16. The van der Waals surface area contributed by atoms with Crippen molar-refractivity contribution in [3.8, 4) is 0 Å². The van der Waals surface area contributed by atoms with Gasteiger partial charge in [-0.05, 0) is 32.6 Å². The second kappa shape index (κ2) is 12.0. The normalized spacial score (nSPS) is 25.4. The van der Waals surface area contributed by atoms with Crippen LogP contribution in [0.5, 0.6) is 0 Å². The first-order valence-electron chi connectivity index (χ1n) is 9.52. The van der Waals surface area contributed by atoms with Crippen molar-refractivity contribution in [2.45, 2.75) is 81.7 Å². The van der Waals surface area contributed by atoms with Crippen LogP contribution < -0.4 is 0 Å². The van der Waals surface area contributed by atoms with Gasteiger partial charge in [-0.2, -0.15) is 11.8 Å². The molecule has 0 amide bonds. The summed E-state index contributed by atoms with van der Waals surface area (Å²) in [7, 11) is 1.64. The van der Waals surface area contributed by atoms with Gasteiger partial charge in [0.05, 0.1) is 11.7 Å². The van der Waals surface area contributed by atoms with E-state index in [1.165, 1.54) is 11.8 Å². The first-order chi connectivity index (χ1) is 12.3. The number of ether oxygens (including phenoxy) is 1. The number of aliphatic carboxylic acids is 1. The molecule has 1 aliphatic carbocycles. The maximum absolute atomic E-state index is 12.2. The van der Waals surface area contributed by atoms with Crippen LogP contribution >= 0.6 is 11.8 Å². The molecule has 4 atom stereocenters. The number of hydrogen-bond acceptors (Lipinski definition) is 6. The van der Waals surface area contributed by atoms with E-state index in [9.17, 15) is 19.8 Å². The minimum atomic E-state index is -0.837. The summed E-state index contributed by atoms with van der Waals surface area (Å²) < 4.78 is 5.01. The fraction of sp³-hybridized carbons (Fsp3) is 0.895. The Labute approximate surface area is 160 Å². The summed E-state index contributed by atoms with van der Waals surface area (Å²) in [6, 6.07) is 0. The van der Waals surface area contributed by atoms with Gasteiger partial charge in [0.15, 0.2) is 0 Å². The number of carboxylic acids is 1. The zero-order chi connectivity index (χ0) is 19.6. The molecule has 1 saturated carbocycles. The lowest BCUT2D eigenvalue weighted by Crippen LogP contribution is -2.32. The van der Waals surface area contributed by atoms with Crippen LogP contribution in [0.2, 0.25) is 0 Å². The summed E-state index contributed by atoms with van der Waals surface area (Å²) in [6.45, 7) is 2.39. The Balaban J connectivity index is 2.39. The number of hydrogen-bond donors (Lipinski definition) is 3. The minimum Gasteiger partial charge on any atom is -0.481 e. The van der Waals surface area contributed by atoms with E-state index in [0.717, 1.165) is 32.1 Å². The van der Waals surface area contributed by atoms with E-state index in [2.05, 4.69) is 0 Å². The quantitative estimate of drug-likeness (QED) is 0.392. The van der Waals surface area contributed by atoms with Gasteiger partial charge in [-0.25, -0.2) is 0 Å². The van der Waals surface area contributed by atoms with E-state index in [1.807, 2.05) is 0 Å². The molecule has 0 saturated heterocycles. The van der Waals surface area contributed by atoms with Crippen LogP contribution in [0.3, 0.4) is 0 Å². The Morgan fingerprint density at radius 1 is 1.27 bits per heavy atom. The minimum absolute atomic E-state index is 0.111. The predicted molar refractivity (Wildman–Crippen MR) is 102 cm³/mol. The first kappa shape index (κ1) is 23.4. The van der Waals surface area contributed by atoms with Crippen LogP contribution in [0.1, 0.15) is 64.7 Å². The molecule has 0 aromatic heterocycles. The molecule has 0 radical (unpaired) electrons. The van der Waals surface area contributed by atoms with Gasteiger partial charge in [0, 0.05) is 43.5 Å². The van der Waals surface area contributed by atoms with Crippen molar-refractivity contribution in [1.82, 2.24) is 0 Å². The van der Waals surface area contributed by atoms with Crippen molar-refractivity contribution >= 4 is 23.5 Å². The Hall–Kier alpha value is -0.630. The monoisotopic (exact) mass is 390 g/mol. The number of rotatable bonds is 14. The summed E-state index contributed by atoms with van der Waals surface area (Å²) in [5, 5.41) is 29.2. The van der Waals surface area contributed by atoms with Gasteiger partial charge >= 0.3 is 5.97 Å². The Kier molecular flexibility index (Phi) is 10.8. The highest BCUT2D eigenvalue weighted by Crippen LogP contribution is 2.38. The van der Waals surface area contributed by atoms with E-state index >= 15 is 0 Å². The molecule has 0 aliphatic heterocycles. The third kappa shape index (κ3) is 8.84. The second-order valence-corrected chi connectivity index (χ2v) is 8.73. The summed E-state index contributed by atoms with van der Waals surface area (Å²) >= 11 is 1.50. The SMILES string of the molecule is COCCCC(C)(O)CS[C@H]1C(O)CC(=O)[C@@H]1CCCCCCC(=O)O. The standard InChI is InChI=1S/C19H34O6S/c1-19(24,10-7-11-25-2)13-26-18-14(15(20)12-16(18)21)8-5-3-4-6-9-17(22)23/h14,16,18,21,24H,3-13H2,1-2H3,(H,22,23)/t14-,16?,18+,19?/m0/s1. The fourth-order valence-corrected chi connectivity index (χ4v) is 4.95. The number of ketones is 1. The Bertz CT molecular complexity index is 440. The third-order valence-corrected chi connectivity index (χ3v) is 6.72. The highest BCUT2D eigenvalue weighted by atomic mass is 32.2. The van der Waals surface area contributed by atoms with Gasteiger partial charge in [0.2, 0.25) is 0 Å². The molecule has 0 aromatic carbocycles. The maximum atomic E-state index is 12.2. The van der Waals surface area contributed by atoms with E-state index in [1.54, 1.807) is 14.0 Å². The number of Topliss-reactive ketones (excluding diaryl/α,β-unsaturated/α-hetero) is 1. The summed E-state index contributed by atoms with van der Waals surface area (Å²) in [5.41, 5.74) is -0.837. The summed E-state index contributed by atoms with van der Waals surface area (Å²) in [5.74, 6) is -0.335. The number of aliphatic hydroxyl groups excluding tert-OH is 1. The molecule has 26 heavy (non-hydrogen) atoms. The lowest BCUT2D eigenvalue weighted by molar-refractivity contribution is -0.137.